The SMILES string of the molecule is CC1C=CC(C#N)=C(SC(=O)N(C)C)C1C. The molecule has 0 aliphatic heterocycles. The molecular formula is C12H16N2OS. The summed E-state index contributed by atoms with van der Waals surface area (Å²) in [6, 6.07) is 2.15. The second-order valence-electron chi connectivity index (χ2n) is 4.16. The first-order valence-corrected chi connectivity index (χ1v) is 6.00. The van der Waals surface area contributed by atoms with Crippen molar-refractivity contribution in [3.63, 3.8) is 0 Å². The summed E-state index contributed by atoms with van der Waals surface area (Å²) < 4.78 is 0. The molecular weight excluding hydrogens is 220 g/mol. The number of carbonyl (C=O) groups is 1. The van der Waals surface area contributed by atoms with Gasteiger partial charge in [-0.2, -0.15) is 5.26 Å². The van der Waals surface area contributed by atoms with Gasteiger partial charge in [-0.3, -0.25) is 4.79 Å². The monoisotopic (exact) mass is 236 g/mol. The number of hydrogen-bond donors (Lipinski definition) is 0. The molecule has 86 valence electrons. The Morgan fingerprint density at radius 1 is 1.50 bits per heavy atom. The third-order valence-corrected chi connectivity index (χ3v) is 4.07. The van der Waals surface area contributed by atoms with Gasteiger partial charge in [0.05, 0.1) is 11.6 Å². The molecule has 0 aromatic carbocycles. The second-order valence-corrected chi connectivity index (χ2v) is 5.15. The summed E-state index contributed by atoms with van der Waals surface area (Å²) in [6.07, 6.45) is 3.84. The summed E-state index contributed by atoms with van der Waals surface area (Å²) in [7, 11) is 3.43. The van der Waals surface area contributed by atoms with E-state index in [0.717, 1.165) is 4.91 Å². The minimum absolute atomic E-state index is 0.0305. The van der Waals surface area contributed by atoms with Gasteiger partial charge in [-0.05, 0) is 29.7 Å². The molecule has 3 nitrogen and oxygen atoms in total. The number of carbonyl (C=O) groups excluding carboxylic acids is 1. The topological polar surface area (TPSA) is 44.1 Å². The molecule has 2 unspecified atom stereocenters. The molecule has 16 heavy (non-hydrogen) atoms. The quantitative estimate of drug-likeness (QED) is 0.703. The van der Waals surface area contributed by atoms with Crippen LogP contribution in [0.15, 0.2) is 22.6 Å². The standard InChI is InChI=1S/C12H16N2OS/c1-8-5-6-10(7-13)11(9(8)2)16-12(15)14(3)4/h5-6,8-9H,1-4H3. The number of thioether (sulfide) groups is 1. The van der Waals surface area contributed by atoms with Crippen LogP contribution < -0.4 is 0 Å². The highest BCUT2D eigenvalue weighted by Gasteiger charge is 2.25. The number of nitrogens with zero attached hydrogens (tertiary/aromatic N) is 2. The maximum absolute atomic E-state index is 11.6. The van der Waals surface area contributed by atoms with Crippen molar-refractivity contribution in [1.82, 2.24) is 4.90 Å². The lowest BCUT2D eigenvalue weighted by atomic mass is 9.88. The van der Waals surface area contributed by atoms with E-state index in [1.165, 1.54) is 16.7 Å². The van der Waals surface area contributed by atoms with E-state index in [1.807, 2.05) is 12.2 Å². The Balaban J connectivity index is 2.97. The van der Waals surface area contributed by atoms with Gasteiger partial charge in [-0.25, -0.2) is 0 Å². The highest BCUT2D eigenvalue weighted by molar-refractivity contribution is 8.16. The van der Waals surface area contributed by atoms with Gasteiger partial charge in [0, 0.05) is 19.0 Å². The fraction of sp³-hybridized carbons (Fsp3) is 0.500. The average molecular weight is 236 g/mol. The van der Waals surface area contributed by atoms with Gasteiger partial charge in [-0.15, -0.1) is 0 Å². The lowest BCUT2D eigenvalue weighted by molar-refractivity contribution is 0.241. The van der Waals surface area contributed by atoms with Gasteiger partial charge in [0.2, 0.25) is 0 Å². The zero-order chi connectivity index (χ0) is 12.3. The molecule has 4 heteroatoms. The summed E-state index contributed by atoms with van der Waals surface area (Å²) in [5.74, 6) is 0.600. The number of hydrogen-bond acceptors (Lipinski definition) is 3. The first-order valence-electron chi connectivity index (χ1n) is 5.19. The van der Waals surface area contributed by atoms with Crippen LogP contribution in [-0.2, 0) is 0 Å². The lowest BCUT2D eigenvalue weighted by Crippen LogP contribution is -2.20. The van der Waals surface area contributed by atoms with Crippen molar-refractivity contribution in [2.45, 2.75) is 13.8 Å². The number of rotatable bonds is 1. The molecule has 0 aromatic heterocycles. The van der Waals surface area contributed by atoms with Gasteiger partial charge in [-0.1, -0.05) is 19.9 Å². The van der Waals surface area contributed by atoms with Crippen LogP contribution in [0.1, 0.15) is 13.8 Å². The molecule has 0 bridgehead atoms. The van der Waals surface area contributed by atoms with Crippen LogP contribution >= 0.6 is 11.8 Å². The summed E-state index contributed by atoms with van der Waals surface area (Å²) in [4.78, 5) is 14.1. The molecule has 0 heterocycles. The third-order valence-electron chi connectivity index (χ3n) is 2.72. The molecule has 0 spiro atoms. The Kier molecular flexibility index (Phi) is 4.19. The molecule has 1 aliphatic rings. The predicted octanol–water partition coefficient (Wildman–Crippen LogP) is 3.02. The van der Waals surface area contributed by atoms with Crippen molar-refractivity contribution in [2.24, 2.45) is 11.8 Å². The minimum atomic E-state index is -0.0305. The highest BCUT2D eigenvalue weighted by Crippen LogP contribution is 2.37. The Morgan fingerprint density at radius 2 is 2.12 bits per heavy atom. The van der Waals surface area contributed by atoms with Crippen LogP contribution in [0.5, 0.6) is 0 Å². The first-order chi connectivity index (χ1) is 7.47. The molecule has 1 amide bonds. The summed E-state index contributed by atoms with van der Waals surface area (Å²) in [6.45, 7) is 4.15. The molecule has 1 aliphatic carbocycles. The largest absolute Gasteiger partial charge is 0.339 e. The van der Waals surface area contributed by atoms with E-state index in [9.17, 15) is 4.79 Å². The van der Waals surface area contributed by atoms with E-state index in [4.69, 9.17) is 5.26 Å². The highest BCUT2D eigenvalue weighted by atomic mass is 32.2. The summed E-state index contributed by atoms with van der Waals surface area (Å²) in [5.41, 5.74) is 0.616. The summed E-state index contributed by atoms with van der Waals surface area (Å²) in [5, 5.41) is 8.99. The van der Waals surface area contributed by atoms with E-state index < -0.39 is 0 Å². The van der Waals surface area contributed by atoms with E-state index >= 15 is 0 Å². The van der Waals surface area contributed by atoms with Crippen molar-refractivity contribution < 1.29 is 4.79 Å². The molecule has 0 saturated carbocycles. The Hall–Kier alpha value is -1.21. The van der Waals surface area contributed by atoms with Crippen molar-refractivity contribution in [1.29, 1.82) is 5.26 Å². The predicted molar refractivity (Wildman–Crippen MR) is 66.8 cm³/mol. The zero-order valence-corrected chi connectivity index (χ0v) is 10.8. The van der Waals surface area contributed by atoms with E-state index in [0.29, 0.717) is 11.5 Å². The van der Waals surface area contributed by atoms with Gasteiger partial charge >= 0.3 is 0 Å². The molecule has 0 radical (unpaired) electrons. The van der Waals surface area contributed by atoms with Crippen LogP contribution in [0.2, 0.25) is 0 Å². The van der Waals surface area contributed by atoms with Crippen LogP contribution in [-0.4, -0.2) is 24.2 Å². The van der Waals surface area contributed by atoms with Crippen LogP contribution in [0.4, 0.5) is 4.79 Å². The zero-order valence-electron chi connectivity index (χ0n) is 10.0. The Labute approximate surface area is 101 Å². The van der Waals surface area contributed by atoms with Crippen LogP contribution in [0.3, 0.4) is 0 Å². The third kappa shape index (κ3) is 2.67. The Bertz CT molecular complexity index is 390. The minimum Gasteiger partial charge on any atom is -0.339 e. The van der Waals surface area contributed by atoms with Crippen LogP contribution in [0.25, 0.3) is 0 Å². The molecule has 0 N–H and O–H groups in total. The smallest absolute Gasteiger partial charge is 0.285 e. The molecule has 0 saturated heterocycles. The molecule has 0 aromatic rings. The number of nitriles is 1. The molecule has 2 atom stereocenters. The molecule has 0 fully saturated rings. The maximum atomic E-state index is 11.6. The van der Waals surface area contributed by atoms with Gasteiger partial charge in [0.25, 0.3) is 5.24 Å². The fourth-order valence-electron chi connectivity index (χ4n) is 1.41. The van der Waals surface area contributed by atoms with Gasteiger partial charge < -0.3 is 4.90 Å². The first kappa shape index (κ1) is 12.9. The number of amides is 1. The maximum Gasteiger partial charge on any atom is 0.285 e. The second kappa shape index (κ2) is 5.22. The van der Waals surface area contributed by atoms with Crippen molar-refractivity contribution in [3.05, 3.63) is 22.6 Å². The van der Waals surface area contributed by atoms with E-state index in [-0.39, 0.29) is 11.2 Å². The van der Waals surface area contributed by atoms with Crippen LogP contribution in [0, 0.1) is 23.2 Å². The van der Waals surface area contributed by atoms with E-state index in [2.05, 4.69) is 19.9 Å². The van der Waals surface area contributed by atoms with Crippen molar-refractivity contribution >= 4 is 17.0 Å². The average Bonchev–Trinajstić information content (AvgIpc) is 2.25. The molecule has 1 rings (SSSR count). The number of allylic oxidation sites excluding steroid dienone is 4. The Morgan fingerprint density at radius 3 is 2.62 bits per heavy atom. The normalized spacial score (nSPS) is 24.2. The lowest BCUT2D eigenvalue weighted by Gasteiger charge is -2.24. The van der Waals surface area contributed by atoms with E-state index in [1.54, 1.807) is 14.1 Å². The fourth-order valence-corrected chi connectivity index (χ4v) is 2.40. The van der Waals surface area contributed by atoms with Gasteiger partial charge in [0.15, 0.2) is 0 Å². The van der Waals surface area contributed by atoms with Crippen molar-refractivity contribution in [2.75, 3.05) is 14.1 Å². The summed E-state index contributed by atoms with van der Waals surface area (Å²) >= 11 is 1.17. The van der Waals surface area contributed by atoms with Gasteiger partial charge in [0.1, 0.15) is 0 Å². The van der Waals surface area contributed by atoms with Crippen molar-refractivity contribution in [3.8, 4) is 6.07 Å².